The normalized spacial score (nSPS) is 17.5. The van der Waals surface area contributed by atoms with Gasteiger partial charge in [0.15, 0.2) is 5.69 Å². The van der Waals surface area contributed by atoms with Gasteiger partial charge in [0.25, 0.3) is 5.91 Å². The average molecular weight is 338 g/mol. The molecule has 2 N–H and O–H groups in total. The second-order valence-corrected chi connectivity index (χ2v) is 5.70. The van der Waals surface area contributed by atoms with Crippen LogP contribution in [0.4, 0.5) is 4.39 Å². The van der Waals surface area contributed by atoms with Crippen LogP contribution in [0.2, 0.25) is 5.02 Å². The zero-order chi connectivity index (χ0) is 16.6. The zero-order valence-corrected chi connectivity index (χ0v) is 12.7. The number of aromatic nitrogens is 2. The maximum Gasteiger partial charge on any atom is 0.353 e. The molecular weight excluding hydrogens is 325 g/mol. The number of benzene rings is 1. The minimum absolute atomic E-state index is 0.0156. The van der Waals surface area contributed by atoms with Crippen molar-refractivity contribution in [2.24, 2.45) is 0 Å². The molecule has 6 nitrogen and oxygen atoms in total. The number of H-pyrrole nitrogens is 1. The molecule has 1 amide bonds. The number of likely N-dealkylation sites (tertiary alicyclic amines) is 1. The summed E-state index contributed by atoms with van der Waals surface area (Å²) in [7, 11) is 0. The quantitative estimate of drug-likeness (QED) is 0.901. The van der Waals surface area contributed by atoms with Crippen molar-refractivity contribution in [1.82, 2.24) is 15.1 Å². The fraction of sp³-hybridized carbons (Fsp3) is 0.267. The molecular formula is C15H13ClFN3O3. The van der Waals surface area contributed by atoms with Crippen LogP contribution in [0.3, 0.4) is 0 Å². The van der Waals surface area contributed by atoms with E-state index in [1.54, 1.807) is 4.90 Å². The van der Waals surface area contributed by atoms with Gasteiger partial charge in [0, 0.05) is 17.6 Å². The van der Waals surface area contributed by atoms with Crippen LogP contribution >= 0.6 is 11.6 Å². The summed E-state index contributed by atoms with van der Waals surface area (Å²) in [5.41, 5.74) is 0.404. The number of aromatic carboxylic acids is 1. The summed E-state index contributed by atoms with van der Waals surface area (Å²) >= 11 is 6.13. The lowest BCUT2D eigenvalue weighted by Crippen LogP contribution is -2.31. The molecule has 0 aliphatic carbocycles. The van der Waals surface area contributed by atoms with E-state index in [0.29, 0.717) is 23.6 Å². The largest absolute Gasteiger partial charge is 0.477 e. The predicted octanol–water partition coefficient (Wildman–Crippen LogP) is 2.88. The van der Waals surface area contributed by atoms with E-state index in [0.717, 1.165) is 6.42 Å². The van der Waals surface area contributed by atoms with Gasteiger partial charge in [-0.25, -0.2) is 9.18 Å². The third-order valence-corrected chi connectivity index (χ3v) is 4.20. The van der Waals surface area contributed by atoms with E-state index in [9.17, 15) is 14.0 Å². The summed E-state index contributed by atoms with van der Waals surface area (Å²) in [5.74, 6) is -2.02. The fourth-order valence-electron chi connectivity index (χ4n) is 2.79. The number of nitrogens with one attached hydrogen (secondary N) is 1. The molecule has 1 saturated heterocycles. The molecule has 120 valence electrons. The van der Waals surface area contributed by atoms with Crippen molar-refractivity contribution < 1.29 is 19.1 Å². The Balaban J connectivity index is 1.90. The lowest BCUT2D eigenvalue weighted by Gasteiger charge is -2.25. The Morgan fingerprint density at radius 3 is 2.87 bits per heavy atom. The molecule has 0 spiro atoms. The summed E-state index contributed by atoms with van der Waals surface area (Å²) in [6, 6.07) is 4.89. The number of aromatic amines is 1. The van der Waals surface area contributed by atoms with Gasteiger partial charge in [-0.1, -0.05) is 11.6 Å². The smallest absolute Gasteiger partial charge is 0.353 e. The highest BCUT2D eigenvalue weighted by molar-refractivity contribution is 6.31. The molecule has 8 heteroatoms. The number of nitrogens with zero attached hydrogens (tertiary/aromatic N) is 2. The van der Waals surface area contributed by atoms with Crippen LogP contribution in [0.15, 0.2) is 24.3 Å². The molecule has 3 rings (SSSR count). The SMILES string of the molecule is O=C(O)c1cc(C(=O)N2CCCC2c2cc(F)ccc2Cl)n[nH]1. The average Bonchev–Trinajstić information content (AvgIpc) is 3.17. The number of carboxylic acids is 1. The second-order valence-electron chi connectivity index (χ2n) is 5.29. The molecule has 2 aromatic rings. The minimum Gasteiger partial charge on any atom is -0.477 e. The molecule has 1 aromatic carbocycles. The summed E-state index contributed by atoms with van der Waals surface area (Å²) in [6.07, 6.45) is 1.41. The highest BCUT2D eigenvalue weighted by Crippen LogP contribution is 2.36. The molecule has 1 aliphatic rings. The Bertz CT molecular complexity index is 777. The first kappa shape index (κ1) is 15.5. The van der Waals surface area contributed by atoms with E-state index in [4.69, 9.17) is 16.7 Å². The number of amides is 1. The Morgan fingerprint density at radius 2 is 2.17 bits per heavy atom. The number of hydrogen-bond donors (Lipinski definition) is 2. The number of carbonyl (C=O) groups is 2. The second kappa shape index (κ2) is 6.00. The molecule has 1 aromatic heterocycles. The fourth-order valence-corrected chi connectivity index (χ4v) is 3.03. The molecule has 1 aliphatic heterocycles. The predicted molar refractivity (Wildman–Crippen MR) is 80.0 cm³/mol. The van der Waals surface area contributed by atoms with E-state index < -0.39 is 17.7 Å². The maximum absolute atomic E-state index is 13.5. The summed E-state index contributed by atoms with van der Waals surface area (Å²) < 4.78 is 13.5. The van der Waals surface area contributed by atoms with E-state index in [2.05, 4.69) is 10.2 Å². The molecule has 0 bridgehead atoms. The first-order valence-electron chi connectivity index (χ1n) is 7.02. The van der Waals surface area contributed by atoms with Crippen LogP contribution in [-0.2, 0) is 0 Å². The maximum atomic E-state index is 13.5. The number of hydrogen-bond acceptors (Lipinski definition) is 3. The van der Waals surface area contributed by atoms with Crippen LogP contribution in [0.5, 0.6) is 0 Å². The highest BCUT2D eigenvalue weighted by Gasteiger charge is 2.33. The number of halogens is 2. The van der Waals surface area contributed by atoms with Crippen molar-refractivity contribution >= 4 is 23.5 Å². The Kier molecular flexibility index (Phi) is 4.04. The Hall–Kier alpha value is -2.41. The number of carbonyl (C=O) groups excluding carboxylic acids is 1. The van der Waals surface area contributed by atoms with Gasteiger partial charge >= 0.3 is 5.97 Å². The zero-order valence-electron chi connectivity index (χ0n) is 11.9. The van der Waals surface area contributed by atoms with Crippen LogP contribution in [-0.4, -0.2) is 38.6 Å². The Morgan fingerprint density at radius 1 is 1.39 bits per heavy atom. The third-order valence-electron chi connectivity index (χ3n) is 3.86. The van der Waals surface area contributed by atoms with Gasteiger partial charge in [-0.2, -0.15) is 5.10 Å². The first-order valence-corrected chi connectivity index (χ1v) is 7.40. The highest BCUT2D eigenvalue weighted by atomic mass is 35.5. The van der Waals surface area contributed by atoms with Gasteiger partial charge in [-0.05, 0) is 36.6 Å². The summed E-state index contributed by atoms with van der Waals surface area (Å²) in [5, 5.41) is 15.3. The van der Waals surface area contributed by atoms with Crippen molar-refractivity contribution in [2.75, 3.05) is 6.54 Å². The van der Waals surface area contributed by atoms with Crippen molar-refractivity contribution in [2.45, 2.75) is 18.9 Å². The van der Waals surface area contributed by atoms with Crippen LogP contribution in [0.1, 0.15) is 45.4 Å². The summed E-state index contributed by atoms with van der Waals surface area (Å²) in [6.45, 7) is 0.478. The monoisotopic (exact) mass is 337 g/mol. The van der Waals surface area contributed by atoms with Gasteiger partial charge in [-0.3, -0.25) is 9.89 Å². The van der Waals surface area contributed by atoms with E-state index in [1.807, 2.05) is 0 Å². The Labute approximate surface area is 135 Å². The van der Waals surface area contributed by atoms with Gasteiger partial charge in [-0.15, -0.1) is 0 Å². The molecule has 2 heterocycles. The van der Waals surface area contributed by atoms with Gasteiger partial charge in [0.05, 0.1) is 6.04 Å². The van der Waals surface area contributed by atoms with Gasteiger partial charge in [0.2, 0.25) is 0 Å². The topological polar surface area (TPSA) is 86.3 Å². The first-order chi connectivity index (χ1) is 11.0. The molecule has 1 unspecified atom stereocenters. The van der Waals surface area contributed by atoms with Crippen LogP contribution in [0, 0.1) is 5.82 Å². The van der Waals surface area contributed by atoms with Crippen molar-refractivity contribution in [1.29, 1.82) is 0 Å². The van der Waals surface area contributed by atoms with Crippen LogP contribution < -0.4 is 0 Å². The molecule has 23 heavy (non-hydrogen) atoms. The lowest BCUT2D eigenvalue weighted by molar-refractivity contribution is 0.0689. The van der Waals surface area contributed by atoms with Crippen molar-refractivity contribution in [3.63, 3.8) is 0 Å². The molecule has 0 radical (unpaired) electrons. The van der Waals surface area contributed by atoms with Crippen LogP contribution in [0.25, 0.3) is 0 Å². The van der Waals surface area contributed by atoms with E-state index in [-0.39, 0.29) is 17.4 Å². The molecule has 0 saturated carbocycles. The minimum atomic E-state index is -1.19. The lowest BCUT2D eigenvalue weighted by atomic mass is 10.0. The van der Waals surface area contributed by atoms with Gasteiger partial charge in [0.1, 0.15) is 11.5 Å². The number of rotatable bonds is 3. The third kappa shape index (κ3) is 2.92. The van der Waals surface area contributed by atoms with E-state index >= 15 is 0 Å². The van der Waals surface area contributed by atoms with Crippen molar-refractivity contribution in [3.05, 3.63) is 52.1 Å². The molecule has 1 atom stereocenters. The molecule has 1 fully saturated rings. The number of carboxylic acid groups (broad SMARTS) is 1. The standard InChI is InChI=1S/C15H13ClFN3O3/c16-10-4-3-8(17)6-9(10)13-2-1-5-20(13)14(21)11-7-12(15(22)23)19-18-11/h3-4,6-7,13H,1-2,5H2,(H,18,19)(H,22,23). The van der Waals surface area contributed by atoms with Crippen molar-refractivity contribution in [3.8, 4) is 0 Å². The van der Waals surface area contributed by atoms with E-state index in [1.165, 1.54) is 24.3 Å². The summed E-state index contributed by atoms with van der Waals surface area (Å²) in [4.78, 5) is 25.0. The van der Waals surface area contributed by atoms with Gasteiger partial charge < -0.3 is 10.0 Å².